The Balaban J connectivity index is 3.88. The number of halogens is 2. The van der Waals surface area contributed by atoms with Crippen LogP contribution < -0.4 is 0 Å². The molecular formula is C10H16BrIO2. The van der Waals surface area contributed by atoms with Crippen LogP contribution in [-0.4, -0.2) is 5.97 Å². The Hall–Kier alpha value is 0.420. The summed E-state index contributed by atoms with van der Waals surface area (Å²) in [5.74, 6) is 0.512. The molecule has 0 saturated heterocycles. The number of ether oxygens (including phenoxy) is 1. The van der Waals surface area contributed by atoms with E-state index in [0.29, 0.717) is 0 Å². The molecule has 0 atom stereocenters. The first kappa shape index (κ1) is 14.4. The van der Waals surface area contributed by atoms with Crippen molar-refractivity contribution in [1.82, 2.24) is 0 Å². The molecule has 4 heteroatoms. The molecule has 0 aromatic carbocycles. The van der Waals surface area contributed by atoms with Gasteiger partial charge in [0.1, 0.15) is 5.76 Å². The zero-order chi connectivity index (χ0) is 11.0. The van der Waals surface area contributed by atoms with Gasteiger partial charge in [-0.15, -0.1) is 0 Å². The van der Waals surface area contributed by atoms with E-state index in [1.54, 1.807) is 0 Å². The number of esters is 1. The van der Waals surface area contributed by atoms with Crippen molar-refractivity contribution in [2.45, 2.75) is 46.0 Å². The highest BCUT2D eigenvalue weighted by Gasteiger charge is 2.06. The number of hydrogen-bond acceptors (Lipinski definition) is 2. The molecule has 0 rings (SSSR count). The minimum Gasteiger partial charge on any atom is -0.430 e. The quantitative estimate of drug-likeness (QED) is 0.295. The van der Waals surface area contributed by atoms with Gasteiger partial charge >= 0.3 is 5.97 Å². The van der Waals surface area contributed by atoms with E-state index in [-0.39, 0.29) is 5.97 Å². The lowest BCUT2D eigenvalue weighted by atomic mass is 10.1. The topological polar surface area (TPSA) is 26.3 Å². The molecule has 0 aliphatic rings. The van der Waals surface area contributed by atoms with Crippen molar-refractivity contribution in [1.29, 1.82) is 0 Å². The van der Waals surface area contributed by atoms with Crippen LogP contribution in [0.4, 0.5) is 0 Å². The Morgan fingerprint density at radius 1 is 1.36 bits per heavy atom. The monoisotopic (exact) mass is 374 g/mol. The fourth-order valence-corrected chi connectivity index (χ4v) is 1.73. The van der Waals surface area contributed by atoms with E-state index in [4.69, 9.17) is 4.74 Å². The maximum Gasteiger partial charge on any atom is 0.307 e. The van der Waals surface area contributed by atoms with E-state index in [1.165, 1.54) is 26.2 Å². The van der Waals surface area contributed by atoms with Crippen LogP contribution in [0.3, 0.4) is 0 Å². The number of rotatable bonds is 6. The van der Waals surface area contributed by atoms with E-state index in [0.717, 1.165) is 21.1 Å². The van der Waals surface area contributed by atoms with Gasteiger partial charge in [-0.05, 0) is 44.9 Å². The number of hydrogen-bond donors (Lipinski definition) is 0. The van der Waals surface area contributed by atoms with E-state index in [9.17, 15) is 4.79 Å². The second-order valence-corrected chi connectivity index (χ2v) is 6.44. The van der Waals surface area contributed by atoms with Gasteiger partial charge in [0.05, 0.1) is 2.49 Å². The number of allylic oxidation sites excluding steroid dienone is 1. The largest absolute Gasteiger partial charge is 0.430 e. The third-order valence-electron chi connectivity index (χ3n) is 1.74. The summed E-state index contributed by atoms with van der Waals surface area (Å²) in [5.41, 5.74) is 0. The van der Waals surface area contributed by atoms with Crippen molar-refractivity contribution >= 4 is 44.5 Å². The third-order valence-corrected chi connectivity index (χ3v) is 2.78. The SMILES string of the molecule is CCCCCC/C(OC(C)=O)=C(\Br)I. The van der Waals surface area contributed by atoms with Crippen LogP contribution in [0.15, 0.2) is 8.25 Å². The van der Waals surface area contributed by atoms with Crippen LogP contribution >= 0.6 is 38.5 Å². The Morgan fingerprint density at radius 2 is 2.00 bits per heavy atom. The molecule has 0 aliphatic heterocycles. The minimum absolute atomic E-state index is 0.246. The number of carbonyl (C=O) groups excluding carboxylic acids is 1. The Labute approximate surface area is 108 Å². The molecule has 0 N–H and O–H groups in total. The zero-order valence-corrected chi connectivity index (χ0v) is 12.4. The fraction of sp³-hybridized carbons (Fsp3) is 0.700. The minimum atomic E-state index is -0.246. The molecule has 0 fully saturated rings. The normalized spacial score (nSPS) is 12.3. The van der Waals surface area contributed by atoms with E-state index < -0.39 is 0 Å². The van der Waals surface area contributed by atoms with Crippen LogP contribution in [0.25, 0.3) is 0 Å². The standard InChI is InChI=1S/C10H16BrIO2/c1-3-4-5-6-7-9(10(11)12)14-8(2)13/h3-7H2,1-2H3/b10-9-. The second kappa shape index (κ2) is 8.71. The van der Waals surface area contributed by atoms with Gasteiger partial charge in [0.25, 0.3) is 0 Å². The Kier molecular flexibility index (Phi) is 8.97. The van der Waals surface area contributed by atoms with Crippen LogP contribution in [0.2, 0.25) is 0 Å². The van der Waals surface area contributed by atoms with Crippen LogP contribution in [0.5, 0.6) is 0 Å². The van der Waals surface area contributed by atoms with Crippen LogP contribution in [0, 0.1) is 0 Å². The molecule has 0 amide bonds. The van der Waals surface area contributed by atoms with Crippen molar-refractivity contribution in [3.8, 4) is 0 Å². The van der Waals surface area contributed by atoms with Gasteiger partial charge in [-0.25, -0.2) is 0 Å². The Bertz CT molecular complexity index is 210. The first-order chi connectivity index (χ1) is 6.57. The average Bonchev–Trinajstić information content (AvgIpc) is 2.09. The molecule has 0 heterocycles. The summed E-state index contributed by atoms with van der Waals surface area (Å²) in [6, 6.07) is 0. The van der Waals surface area contributed by atoms with Crippen LogP contribution in [-0.2, 0) is 9.53 Å². The zero-order valence-electron chi connectivity index (χ0n) is 8.61. The summed E-state index contributed by atoms with van der Waals surface area (Å²) in [6.07, 6.45) is 5.57. The fourth-order valence-electron chi connectivity index (χ4n) is 1.07. The van der Waals surface area contributed by atoms with Crippen molar-refractivity contribution in [2.75, 3.05) is 0 Å². The Morgan fingerprint density at radius 3 is 2.43 bits per heavy atom. The van der Waals surface area contributed by atoms with Crippen molar-refractivity contribution in [3.63, 3.8) is 0 Å². The van der Waals surface area contributed by atoms with Crippen molar-refractivity contribution in [3.05, 3.63) is 8.25 Å². The van der Waals surface area contributed by atoms with Gasteiger partial charge in [0.15, 0.2) is 0 Å². The summed E-state index contributed by atoms with van der Waals surface area (Å²) in [7, 11) is 0. The highest BCUT2D eigenvalue weighted by Crippen LogP contribution is 2.25. The molecule has 0 aromatic heterocycles. The molecule has 0 aromatic rings. The van der Waals surface area contributed by atoms with Crippen molar-refractivity contribution in [2.24, 2.45) is 0 Å². The first-order valence-electron chi connectivity index (χ1n) is 4.80. The first-order valence-corrected chi connectivity index (χ1v) is 6.67. The summed E-state index contributed by atoms with van der Waals surface area (Å²) in [6.45, 7) is 3.61. The molecule has 0 bridgehead atoms. The number of carbonyl (C=O) groups is 1. The lowest BCUT2D eigenvalue weighted by Crippen LogP contribution is -1.99. The van der Waals surface area contributed by atoms with Crippen molar-refractivity contribution < 1.29 is 9.53 Å². The molecule has 0 radical (unpaired) electrons. The van der Waals surface area contributed by atoms with Gasteiger partial charge in [0, 0.05) is 13.3 Å². The molecule has 82 valence electrons. The highest BCUT2D eigenvalue weighted by atomic mass is 127. The van der Waals surface area contributed by atoms with Gasteiger partial charge < -0.3 is 4.74 Å². The van der Waals surface area contributed by atoms with Crippen LogP contribution in [0.1, 0.15) is 46.0 Å². The molecule has 2 nitrogen and oxygen atoms in total. The lowest BCUT2D eigenvalue weighted by molar-refractivity contribution is -0.137. The molecule has 0 saturated carbocycles. The molecular weight excluding hydrogens is 359 g/mol. The number of unbranched alkanes of at least 4 members (excludes halogenated alkanes) is 3. The van der Waals surface area contributed by atoms with E-state index >= 15 is 0 Å². The average molecular weight is 375 g/mol. The molecule has 14 heavy (non-hydrogen) atoms. The third kappa shape index (κ3) is 7.79. The predicted octanol–water partition coefficient (Wildman–Crippen LogP) is 4.52. The van der Waals surface area contributed by atoms with Gasteiger partial charge in [-0.3, -0.25) is 4.79 Å². The summed E-state index contributed by atoms with van der Waals surface area (Å²) in [5, 5.41) is 0. The lowest BCUT2D eigenvalue weighted by Gasteiger charge is -2.07. The molecule has 0 aliphatic carbocycles. The maximum absolute atomic E-state index is 10.8. The summed E-state index contributed by atoms with van der Waals surface area (Å²) >= 11 is 5.45. The van der Waals surface area contributed by atoms with E-state index in [2.05, 4.69) is 45.4 Å². The van der Waals surface area contributed by atoms with Gasteiger partial charge in [-0.2, -0.15) is 0 Å². The van der Waals surface area contributed by atoms with Gasteiger partial charge in [0.2, 0.25) is 0 Å². The van der Waals surface area contributed by atoms with Gasteiger partial charge in [-0.1, -0.05) is 26.2 Å². The predicted molar refractivity (Wildman–Crippen MR) is 70.5 cm³/mol. The maximum atomic E-state index is 10.8. The highest BCUT2D eigenvalue weighted by molar-refractivity contribution is 14.1. The van der Waals surface area contributed by atoms with E-state index in [1.807, 2.05) is 0 Å². The molecule has 0 spiro atoms. The summed E-state index contributed by atoms with van der Waals surface area (Å²) < 4.78 is 5.97. The second-order valence-electron chi connectivity index (χ2n) is 3.09. The molecule has 0 unspecified atom stereocenters. The smallest absolute Gasteiger partial charge is 0.307 e. The summed E-state index contributed by atoms with van der Waals surface area (Å²) in [4.78, 5) is 10.8.